The Bertz CT molecular complexity index is 531. The van der Waals surface area contributed by atoms with E-state index in [9.17, 15) is 24.5 Å². The predicted molar refractivity (Wildman–Crippen MR) is 114 cm³/mol. The van der Waals surface area contributed by atoms with Crippen LogP contribution in [0.3, 0.4) is 0 Å². The molecular formula is C20H35Cl2FN2O5. The van der Waals surface area contributed by atoms with Gasteiger partial charge in [0.1, 0.15) is 30.5 Å². The summed E-state index contributed by atoms with van der Waals surface area (Å²) in [4.78, 5) is 12.9. The molecule has 0 radical (unpaired) electrons. The van der Waals surface area contributed by atoms with Gasteiger partial charge in [0.25, 0.3) is 0 Å². The van der Waals surface area contributed by atoms with E-state index < -0.39 is 48.0 Å². The minimum atomic E-state index is -1.46. The van der Waals surface area contributed by atoms with Crippen molar-refractivity contribution in [2.24, 2.45) is 5.92 Å². The number of hydrogen-bond donors (Lipinski definition) is 5. The van der Waals surface area contributed by atoms with Crippen molar-refractivity contribution in [3.8, 4) is 0 Å². The zero-order valence-electron chi connectivity index (χ0n) is 17.4. The molecule has 7 nitrogen and oxygen atoms in total. The summed E-state index contributed by atoms with van der Waals surface area (Å²) in [5.74, 6) is 0.136. The summed E-state index contributed by atoms with van der Waals surface area (Å²) >= 11 is 12.1. The van der Waals surface area contributed by atoms with E-state index in [0.717, 1.165) is 25.7 Å². The number of rotatable bonds is 9. The molecule has 9 atom stereocenters. The first-order valence-electron chi connectivity index (χ1n) is 10.8. The first kappa shape index (κ1) is 26.0. The van der Waals surface area contributed by atoms with Crippen molar-refractivity contribution in [2.45, 2.75) is 93.4 Å². The van der Waals surface area contributed by atoms with Crippen LogP contribution in [0.4, 0.5) is 4.39 Å². The highest BCUT2D eigenvalue weighted by Gasteiger charge is 2.47. The number of alkyl halides is 3. The maximum absolute atomic E-state index is 12.9. The van der Waals surface area contributed by atoms with Gasteiger partial charge in [-0.25, -0.2) is 0 Å². The van der Waals surface area contributed by atoms with Crippen molar-refractivity contribution >= 4 is 29.1 Å². The van der Waals surface area contributed by atoms with Gasteiger partial charge in [-0.1, -0.05) is 12.8 Å². The van der Waals surface area contributed by atoms with Gasteiger partial charge in [-0.15, -0.1) is 23.2 Å². The number of nitrogens with one attached hydrogen (secondary N) is 2. The molecule has 1 amide bonds. The molecule has 10 heteroatoms. The zero-order valence-corrected chi connectivity index (χ0v) is 18.9. The van der Waals surface area contributed by atoms with E-state index in [1.54, 1.807) is 6.92 Å². The Morgan fingerprint density at radius 1 is 1.20 bits per heavy atom. The van der Waals surface area contributed by atoms with Gasteiger partial charge in [-0.3, -0.25) is 9.18 Å². The third-order valence-corrected chi connectivity index (χ3v) is 6.75. The fourth-order valence-corrected chi connectivity index (χ4v) is 4.74. The van der Waals surface area contributed by atoms with Crippen LogP contribution < -0.4 is 10.6 Å². The van der Waals surface area contributed by atoms with E-state index in [-0.39, 0.29) is 18.5 Å². The van der Waals surface area contributed by atoms with E-state index in [0.29, 0.717) is 25.3 Å². The normalized spacial score (nSPS) is 37.2. The smallest absolute Gasteiger partial charge is 0.237 e. The number of hydrogen-bond acceptors (Lipinski definition) is 6. The molecule has 176 valence electrons. The Hall–Kier alpha value is -0.220. The molecule has 2 saturated heterocycles. The average molecular weight is 473 g/mol. The number of carbonyl (C=O) groups is 1. The molecule has 2 heterocycles. The standard InChI is InChI=1S/C20H35Cl2FN2O5/c1-11(22)15(19-18(28)17(27)16(26)14(10-21)30-19)25-20(29)13-6-5-12(7-9-24-13)4-2-3-8-23/h11-19,24,26-28H,2-10H2,1H3,(H,25,29)/t11-,12-,13-,14?,15+,16-,17?,18?,19+/m0/s1. The SMILES string of the molecule is C[C@H](Cl)[C@@H](NC(=O)[C@@H]1CC[C@H](CCCCF)CCN1)[C@H]1OC(CCl)[C@H](O)C(O)C1O. The monoisotopic (exact) mass is 472 g/mol. The Kier molecular flexibility index (Phi) is 11.0. The van der Waals surface area contributed by atoms with Crippen molar-refractivity contribution < 1.29 is 29.2 Å². The molecule has 0 aromatic rings. The van der Waals surface area contributed by atoms with Crippen LogP contribution in [-0.2, 0) is 9.53 Å². The lowest BCUT2D eigenvalue weighted by atomic mass is 9.90. The quantitative estimate of drug-likeness (QED) is 0.253. The molecule has 3 unspecified atom stereocenters. The van der Waals surface area contributed by atoms with Gasteiger partial charge in [0.05, 0.1) is 30.0 Å². The Morgan fingerprint density at radius 2 is 1.93 bits per heavy atom. The van der Waals surface area contributed by atoms with Crippen LogP contribution in [-0.4, -0.2) is 88.3 Å². The maximum atomic E-state index is 12.9. The summed E-state index contributed by atoms with van der Waals surface area (Å²) in [5.41, 5.74) is 0. The van der Waals surface area contributed by atoms with Crippen LogP contribution in [0.2, 0.25) is 0 Å². The lowest BCUT2D eigenvalue weighted by Gasteiger charge is -2.44. The minimum Gasteiger partial charge on any atom is -0.388 e. The third kappa shape index (κ3) is 6.89. The number of unbranched alkanes of at least 4 members (excludes halogenated alkanes) is 1. The van der Waals surface area contributed by atoms with Crippen LogP contribution in [0.1, 0.15) is 45.4 Å². The lowest BCUT2D eigenvalue weighted by molar-refractivity contribution is -0.222. The first-order valence-corrected chi connectivity index (χ1v) is 11.8. The average Bonchev–Trinajstić information content (AvgIpc) is 2.97. The van der Waals surface area contributed by atoms with Crippen LogP contribution >= 0.6 is 23.2 Å². The third-order valence-electron chi connectivity index (χ3n) is 6.18. The number of carbonyl (C=O) groups excluding carboxylic acids is 1. The molecule has 2 rings (SSSR count). The van der Waals surface area contributed by atoms with Crippen molar-refractivity contribution in [1.29, 1.82) is 0 Å². The molecule has 30 heavy (non-hydrogen) atoms. The Labute approximate surface area is 187 Å². The summed E-state index contributed by atoms with van der Waals surface area (Å²) < 4.78 is 18.0. The topological polar surface area (TPSA) is 111 Å². The van der Waals surface area contributed by atoms with Gasteiger partial charge in [0, 0.05) is 0 Å². The number of amides is 1. The first-order chi connectivity index (χ1) is 14.3. The van der Waals surface area contributed by atoms with E-state index in [1.165, 1.54) is 0 Å². The molecular weight excluding hydrogens is 438 g/mol. The molecule has 2 fully saturated rings. The second-order valence-electron chi connectivity index (χ2n) is 8.40. The van der Waals surface area contributed by atoms with Crippen molar-refractivity contribution in [3.05, 3.63) is 0 Å². The Morgan fingerprint density at radius 3 is 2.57 bits per heavy atom. The van der Waals surface area contributed by atoms with E-state index >= 15 is 0 Å². The summed E-state index contributed by atoms with van der Waals surface area (Å²) in [5, 5.41) is 36.1. The summed E-state index contributed by atoms with van der Waals surface area (Å²) in [6.45, 7) is 2.07. The van der Waals surface area contributed by atoms with Gasteiger partial charge in [0.2, 0.25) is 5.91 Å². The van der Waals surface area contributed by atoms with E-state index in [2.05, 4.69) is 10.6 Å². The molecule has 0 spiro atoms. The highest BCUT2D eigenvalue weighted by Crippen LogP contribution is 2.27. The lowest BCUT2D eigenvalue weighted by Crippen LogP contribution is -2.66. The second kappa shape index (κ2) is 12.7. The van der Waals surface area contributed by atoms with Gasteiger partial charge in [0.15, 0.2) is 0 Å². The highest BCUT2D eigenvalue weighted by molar-refractivity contribution is 6.21. The van der Waals surface area contributed by atoms with Gasteiger partial charge in [-0.05, 0) is 45.1 Å². The summed E-state index contributed by atoms with van der Waals surface area (Å²) in [6.07, 6.45) is -1.23. The maximum Gasteiger partial charge on any atom is 0.237 e. The number of ether oxygens (including phenoxy) is 1. The molecule has 0 saturated carbocycles. The minimum absolute atomic E-state index is 0.0766. The fourth-order valence-electron chi connectivity index (χ4n) is 4.28. The highest BCUT2D eigenvalue weighted by atomic mass is 35.5. The largest absolute Gasteiger partial charge is 0.388 e. The van der Waals surface area contributed by atoms with Crippen LogP contribution in [0.15, 0.2) is 0 Å². The summed E-state index contributed by atoms with van der Waals surface area (Å²) in [6, 6.07) is -1.19. The van der Waals surface area contributed by atoms with Gasteiger partial charge in [-0.2, -0.15) is 0 Å². The summed E-state index contributed by atoms with van der Waals surface area (Å²) in [7, 11) is 0. The van der Waals surface area contributed by atoms with Crippen molar-refractivity contribution in [3.63, 3.8) is 0 Å². The van der Waals surface area contributed by atoms with Crippen LogP contribution in [0.5, 0.6) is 0 Å². The fraction of sp³-hybridized carbons (Fsp3) is 0.950. The molecule has 5 N–H and O–H groups in total. The predicted octanol–water partition coefficient (Wildman–Crippen LogP) is 1.09. The molecule has 2 aliphatic heterocycles. The molecule has 0 aromatic carbocycles. The second-order valence-corrected chi connectivity index (χ2v) is 9.40. The zero-order chi connectivity index (χ0) is 22.3. The van der Waals surface area contributed by atoms with Crippen molar-refractivity contribution in [2.75, 3.05) is 19.1 Å². The molecule has 0 aliphatic carbocycles. The number of halogens is 3. The van der Waals surface area contributed by atoms with Gasteiger partial charge >= 0.3 is 0 Å². The molecule has 0 bridgehead atoms. The van der Waals surface area contributed by atoms with Crippen molar-refractivity contribution in [1.82, 2.24) is 10.6 Å². The Balaban J connectivity index is 1.98. The van der Waals surface area contributed by atoms with Crippen LogP contribution in [0, 0.1) is 5.92 Å². The van der Waals surface area contributed by atoms with E-state index in [4.69, 9.17) is 27.9 Å². The molecule has 2 aliphatic rings. The molecule has 0 aromatic heterocycles. The number of aliphatic hydroxyl groups excluding tert-OH is 3. The van der Waals surface area contributed by atoms with E-state index in [1.807, 2.05) is 0 Å². The van der Waals surface area contributed by atoms with Gasteiger partial charge < -0.3 is 30.7 Å². The van der Waals surface area contributed by atoms with Crippen LogP contribution in [0.25, 0.3) is 0 Å². The number of aliphatic hydroxyl groups is 3.